The van der Waals surface area contributed by atoms with Crippen molar-refractivity contribution in [2.45, 2.75) is 19.4 Å². The van der Waals surface area contributed by atoms with Crippen LogP contribution in [0, 0.1) is 5.92 Å². The van der Waals surface area contributed by atoms with Crippen molar-refractivity contribution in [2.75, 3.05) is 11.9 Å². The largest absolute Gasteiger partial charge is 0.313 e. The van der Waals surface area contributed by atoms with Crippen molar-refractivity contribution in [3.63, 3.8) is 0 Å². The molecule has 0 aromatic carbocycles. The van der Waals surface area contributed by atoms with Crippen LogP contribution in [0.25, 0.3) is 0 Å². The maximum Gasteiger partial charge on any atom is 0.230 e. The van der Waals surface area contributed by atoms with Crippen LogP contribution in [-0.4, -0.2) is 28.7 Å². The van der Waals surface area contributed by atoms with Crippen LogP contribution in [0.1, 0.15) is 13.3 Å². The molecule has 2 heterocycles. The number of aromatic nitrogens is 2. The van der Waals surface area contributed by atoms with Gasteiger partial charge in [0.2, 0.25) is 5.91 Å². The minimum absolute atomic E-state index is 0.0618. The lowest BCUT2D eigenvalue weighted by atomic mass is 10.0. The van der Waals surface area contributed by atoms with E-state index in [9.17, 15) is 4.79 Å². The molecular formula is C9H14N4O. The number of nitrogens with one attached hydrogen (secondary N) is 3. The molecule has 3 N–H and O–H groups in total. The highest BCUT2D eigenvalue weighted by molar-refractivity contribution is 5.92. The van der Waals surface area contributed by atoms with Crippen LogP contribution in [0.2, 0.25) is 0 Å². The number of anilines is 1. The van der Waals surface area contributed by atoms with Crippen molar-refractivity contribution in [3.8, 4) is 0 Å². The lowest BCUT2D eigenvalue weighted by Gasteiger charge is -2.13. The number of H-pyrrole nitrogens is 1. The Morgan fingerprint density at radius 2 is 2.57 bits per heavy atom. The third kappa shape index (κ3) is 1.77. The Kier molecular flexibility index (Phi) is 2.49. The molecule has 0 spiro atoms. The van der Waals surface area contributed by atoms with E-state index in [-0.39, 0.29) is 17.9 Å². The number of aromatic amines is 1. The summed E-state index contributed by atoms with van der Waals surface area (Å²) in [6.45, 7) is 2.95. The molecule has 0 saturated carbocycles. The van der Waals surface area contributed by atoms with Crippen molar-refractivity contribution in [2.24, 2.45) is 5.92 Å². The molecule has 2 atom stereocenters. The van der Waals surface area contributed by atoms with Gasteiger partial charge in [-0.3, -0.25) is 9.89 Å². The minimum atomic E-state index is 0.0618. The highest BCUT2D eigenvalue weighted by atomic mass is 16.2. The van der Waals surface area contributed by atoms with Gasteiger partial charge >= 0.3 is 0 Å². The number of rotatable bonds is 2. The van der Waals surface area contributed by atoms with Gasteiger partial charge in [-0.2, -0.15) is 5.10 Å². The van der Waals surface area contributed by atoms with E-state index in [2.05, 4.69) is 20.8 Å². The summed E-state index contributed by atoms with van der Waals surface area (Å²) in [5.74, 6) is 0.791. The van der Waals surface area contributed by atoms with E-state index in [1.54, 1.807) is 12.3 Å². The Morgan fingerprint density at radius 1 is 1.71 bits per heavy atom. The standard InChI is InChI=1S/C9H14N4O/c1-6-7(2-4-10-6)9(14)12-8-3-5-11-13-8/h3,5-7,10H,2,4H2,1H3,(H2,11,12,13,14). The molecule has 5 nitrogen and oxygen atoms in total. The summed E-state index contributed by atoms with van der Waals surface area (Å²) in [7, 11) is 0. The molecule has 0 bridgehead atoms. The van der Waals surface area contributed by atoms with Crippen molar-refractivity contribution < 1.29 is 4.79 Å². The average molecular weight is 194 g/mol. The van der Waals surface area contributed by atoms with E-state index in [0.717, 1.165) is 13.0 Å². The van der Waals surface area contributed by atoms with Crippen LogP contribution in [0.15, 0.2) is 12.3 Å². The molecule has 1 aromatic rings. The topological polar surface area (TPSA) is 69.8 Å². The van der Waals surface area contributed by atoms with Crippen LogP contribution in [0.3, 0.4) is 0 Å². The van der Waals surface area contributed by atoms with Gasteiger partial charge in [0.05, 0.1) is 12.1 Å². The van der Waals surface area contributed by atoms with Gasteiger partial charge in [-0.1, -0.05) is 0 Å². The van der Waals surface area contributed by atoms with E-state index in [1.807, 2.05) is 6.92 Å². The summed E-state index contributed by atoms with van der Waals surface area (Å²) < 4.78 is 0. The maximum absolute atomic E-state index is 11.7. The lowest BCUT2D eigenvalue weighted by molar-refractivity contribution is -0.120. The van der Waals surface area contributed by atoms with Crippen molar-refractivity contribution in [1.29, 1.82) is 0 Å². The van der Waals surface area contributed by atoms with Crippen LogP contribution in [-0.2, 0) is 4.79 Å². The molecule has 1 aliphatic heterocycles. The predicted octanol–water partition coefficient (Wildman–Crippen LogP) is 0.346. The van der Waals surface area contributed by atoms with Gasteiger partial charge in [0, 0.05) is 12.1 Å². The second-order valence-electron chi connectivity index (χ2n) is 3.60. The van der Waals surface area contributed by atoms with Crippen LogP contribution >= 0.6 is 0 Å². The van der Waals surface area contributed by atoms with E-state index in [4.69, 9.17) is 0 Å². The Bertz CT molecular complexity index is 309. The number of carbonyl (C=O) groups excluding carboxylic acids is 1. The van der Waals surface area contributed by atoms with E-state index in [1.165, 1.54) is 0 Å². The van der Waals surface area contributed by atoms with Gasteiger partial charge in [-0.15, -0.1) is 0 Å². The van der Waals surface area contributed by atoms with Gasteiger partial charge in [0.25, 0.3) is 0 Å². The smallest absolute Gasteiger partial charge is 0.230 e. The van der Waals surface area contributed by atoms with Crippen molar-refractivity contribution in [3.05, 3.63) is 12.3 Å². The number of hydrogen-bond acceptors (Lipinski definition) is 3. The summed E-state index contributed by atoms with van der Waals surface area (Å²) in [6, 6.07) is 2.00. The minimum Gasteiger partial charge on any atom is -0.313 e. The second-order valence-corrected chi connectivity index (χ2v) is 3.60. The molecule has 5 heteroatoms. The highest BCUT2D eigenvalue weighted by Crippen LogP contribution is 2.16. The fourth-order valence-corrected chi connectivity index (χ4v) is 1.77. The third-order valence-electron chi connectivity index (χ3n) is 2.62. The molecule has 2 unspecified atom stereocenters. The quantitative estimate of drug-likeness (QED) is 0.636. The van der Waals surface area contributed by atoms with E-state index < -0.39 is 0 Å². The van der Waals surface area contributed by atoms with Crippen molar-refractivity contribution in [1.82, 2.24) is 15.5 Å². The monoisotopic (exact) mass is 194 g/mol. The van der Waals surface area contributed by atoms with Crippen LogP contribution in [0.5, 0.6) is 0 Å². The summed E-state index contributed by atoms with van der Waals surface area (Å²) in [5, 5.41) is 12.5. The third-order valence-corrected chi connectivity index (χ3v) is 2.62. The summed E-state index contributed by atoms with van der Waals surface area (Å²) in [5.41, 5.74) is 0. The molecule has 1 fully saturated rings. The predicted molar refractivity (Wildman–Crippen MR) is 52.8 cm³/mol. The van der Waals surface area contributed by atoms with Gasteiger partial charge < -0.3 is 10.6 Å². The summed E-state index contributed by atoms with van der Waals surface area (Å²) in [4.78, 5) is 11.7. The Hall–Kier alpha value is -1.36. The van der Waals surface area contributed by atoms with Gasteiger partial charge in [-0.05, 0) is 19.9 Å². The molecule has 1 saturated heterocycles. The van der Waals surface area contributed by atoms with Gasteiger partial charge in [0.15, 0.2) is 0 Å². The average Bonchev–Trinajstić information content (AvgIpc) is 2.75. The zero-order valence-corrected chi connectivity index (χ0v) is 8.08. The zero-order chi connectivity index (χ0) is 9.97. The lowest BCUT2D eigenvalue weighted by Crippen LogP contribution is -2.32. The number of hydrogen-bond donors (Lipinski definition) is 3. The normalized spacial score (nSPS) is 26.4. The van der Waals surface area contributed by atoms with Gasteiger partial charge in [-0.25, -0.2) is 0 Å². The molecule has 1 aromatic heterocycles. The van der Waals surface area contributed by atoms with Gasteiger partial charge in [0.1, 0.15) is 5.82 Å². The number of nitrogens with zero attached hydrogens (tertiary/aromatic N) is 1. The number of amides is 1. The molecule has 1 aliphatic rings. The Labute approximate surface area is 82.3 Å². The fraction of sp³-hybridized carbons (Fsp3) is 0.556. The first kappa shape index (κ1) is 9.21. The molecule has 14 heavy (non-hydrogen) atoms. The Balaban J connectivity index is 1.95. The van der Waals surface area contributed by atoms with Crippen LogP contribution in [0.4, 0.5) is 5.82 Å². The summed E-state index contributed by atoms with van der Waals surface area (Å²) in [6.07, 6.45) is 2.52. The fourth-order valence-electron chi connectivity index (χ4n) is 1.77. The molecule has 1 amide bonds. The van der Waals surface area contributed by atoms with Crippen LogP contribution < -0.4 is 10.6 Å². The first-order chi connectivity index (χ1) is 6.77. The maximum atomic E-state index is 11.7. The molecule has 0 radical (unpaired) electrons. The SMILES string of the molecule is CC1NCCC1C(=O)Nc1ccn[nH]1. The zero-order valence-electron chi connectivity index (χ0n) is 8.08. The van der Waals surface area contributed by atoms with Crippen molar-refractivity contribution >= 4 is 11.7 Å². The Morgan fingerprint density at radius 3 is 3.14 bits per heavy atom. The first-order valence-electron chi connectivity index (χ1n) is 4.81. The number of carbonyl (C=O) groups is 1. The molecular weight excluding hydrogens is 180 g/mol. The van der Waals surface area contributed by atoms with E-state index in [0.29, 0.717) is 5.82 Å². The molecule has 2 rings (SSSR count). The molecule has 0 aliphatic carbocycles. The summed E-state index contributed by atoms with van der Waals surface area (Å²) >= 11 is 0. The van der Waals surface area contributed by atoms with E-state index >= 15 is 0 Å². The second kappa shape index (κ2) is 3.79. The molecule has 76 valence electrons. The first-order valence-corrected chi connectivity index (χ1v) is 4.81. The highest BCUT2D eigenvalue weighted by Gasteiger charge is 2.29.